The molecule has 0 aromatic carbocycles. The zero-order chi connectivity index (χ0) is 11.3. The average molecular weight is 226 g/mol. The molecule has 1 amide bonds. The van der Waals surface area contributed by atoms with E-state index in [9.17, 15) is 14.7 Å². The summed E-state index contributed by atoms with van der Waals surface area (Å²) in [5, 5.41) is 12.5. The predicted octanol–water partition coefficient (Wildman–Crippen LogP) is -0.0204. The van der Waals surface area contributed by atoms with Crippen LogP contribution in [0, 0.1) is 0 Å². The van der Waals surface area contributed by atoms with Gasteiger partial charge in [-0.3, -0.25) is 4.79 Å². The first-order chi connectivity index (χ1) is 7.09. The van der Waals surface area contributed by atoms with Crippen molar-refractivity contribution < 1.29 is 14.7 Å². The Morgan fingerprint density at radius 1 is 1.47 bits per heavy atom. The molecule has 0 radical (unpaired) electrons. The Bertz CT molecular complexity index is 418. The van der Waals surface area contributed by atoms with Gasteiger partial charge in [-0.25, -0.2) is 4.98 Å². The molecule has 1 aromatic heterocycles. The average Bonchev–Trinajstić information content (AvgIpc) is 2.18. The van der Waals surface area contributed by atoms with Crippen molar-refractivity contribution in [3.63, 3.8) is 0 Å². The van der Waals surface area contributed by atoms with Crippen molar-refractivity contribution in [1.82, 2.24) is 4.98 Å². The Balaban J connectivity index is 2.67. The van der Waals surface area contributed by atoms with Crippen LogP contribution in [0.3, 0.4) is 0 Å². The van der Waals surface area contributed by atoms with Crippen molar-refractivity contribution >= 4 is 29.2 Å². The number of halogens is 1. The van der Waals surface area contributed by atoms with Gasteiger partial charge in [0.1, 0.15) is 0 Å². The van der Waals surface area contributed by atoms with Gasteiger partial charge in [-0.05, 0) is 18.2 Å². The van der Waals surface area contributed by atoms with E-state index < -0.39 is 11.9 Å². The first kappa shape index (κ1) is 11.2. The van der Waals surface area contributed by atoms with E-state index in [1.54, 1.807) is 12.1 Å². The van der Waals surface area contributed by atoms with Crippen LogP contribution in [0.1, 0.15) is 0 Å². The number of carbonyl (C=O) groups is 2. The third kappa shape index (κ3) is 3.78. The lowest BCUT2D eigenvalue weighted by molar-refractivity contribution is -0.297. The van der Waals surface area contributed by atoms with Crippen molar-refractivity contribution in [2.75, 3.05) is 5.32 Å². The molecule has 0 atom stereocenters. The molecule has 0 unspecified atom stereocenters. The number of carboxylic acid groups (broad SMARTS) is 1. The summed E-state index contributed by atoms with van der Waals surface area (Å²) in [6.45, 7) is 0. The Labute approximate surface area is 90.4 Å². The van der Waals surface area contributed by atoms with Crippen LogP contribution in [-0.2, 0) is 9.59 Å². The van der Waals surface area contributed by atoms with Crippen molar-refractivity contribution in [3.8, 4) is 0 Å². The number of amides is 1. The van der Waals surface area contributed by atoms with Gasteiger partial charge in [0.2, 0.25) is 5.91 Å². The molecule has 0 aliphatic heterocycles. The topological polar surface area (TPSA) is 82.1 Å². The second kappa shape index (κ2) is 5.11. The van der Waals surface area contributed by atoms with E-state index in [0.29, 0.717) is 11.8 Å². The molecule has 78 valence electrons. The highest BCUT2D eigenvalue weighted by atomic mass is 35.5. The zero-order valence-electron chi connectivity index (χ0n) is 7.44. The standard InChI is InChI=1S/C9H7ClN2O3/c10-9-6(2-1-5-11-9)12-7(13)3-4-8(14)15/h1-5H,(H,12,13)(H,14,15)/p-1/b4-3+. The summed E-state index contributed by atoms with van der Waals surface area (Å²) in [5.74, 6) is -2.06. The number of aliphatic carboxylic acids is 1. The maximum atomic E-state index is 11.1. The summed E-state index contributed by atoms with van der Waals surface area (Å²) >= 11 is 5.65. The summed E-state index contributed by atoms with van der Waals surface area (Å²) in [5.41, 5.74) is 0.312. The molecule has 1 rings (SSSR count). The number of aromatic nitrogens is 1. The number of carboxylic acids is 1. The zero-order valence-corrected chi connectivity index (χ0v) is 8.19. The van der Waals surface area contributed by atoms with E-state index in [1.165, 1.54) is 6.20 Å². The van der Waals surface area contributed by atoms with Crippen LogP contribution < -0.4 is 10.4 Å². The van der Waals surface area contributed by atoms with Gasteiger partial charge in [0, 0.05) is 12.3 Å². The Kier molecular flexibility index (Phi) is 3.82. The van der Waals surface area contributed by atoms with E-state index in [-0.39, 0.29) is 5.15 Å². The fourth-order valence-electron chi connectivity index (χ4n) is 0.797. The summed E-state index contributed by atoms with van der Waals surface area (Å²) in [7, 11) is 0. The number of rotatable bonds is 3. The minimum atomic E-state index is -1.44. The van der Waals surface area contributed by atoms with Crippen LogP contribution in [0.2, 0.25) is 5.15 Å². The molecule has 15 heavy (non-hydrogen) atoms. The monoisotopic (exact) mass is 225 g/mol. The van der Waals surface area contributed by atoms with Crippen LogP contribution in [-0.4, -0.2) is 16.9 Å². The third-order valence-corrected chi connectivity index (χ3v) is 1.69. The summed E-state index contributed by atoms with van der Waals surface area (Å²) in [6, 6.07) is 3.13. The number of carbonyl (C=O) groups excluding carboxylic acids is 2. The molecule has 0 spiro atoms. The maximum absolute atomic E-state index is 11.1. The molecule has 1 heterocycles. The molecule has 0 fully saturated rings. The molecule has 1 N–H and O–H groups in total. The Morgan fingerprint density at radius 2 is 2.20 bits per heavy atom. The molecular weight excluding hydrogens is 220 g/mol. The molecule has 0 saturated heterocycles. The predicted molar refractivity (Wildman–Crippen MR) is 52.0 cm³/mol. The smallest absolute Gasteiger partial charge is 0.248 e. The highest BCUT2D eigenvalue weighted by Crippen LogP contribution is 2.16. The number of nitrogens with one attached hydrogen (secondary N) is 1. The highest BCUT2D eigenvalue weighted by Gasteiger charge is 2.02. The summed E-state index contributed by atoms with van der Waals surface area (Å²) in [6.07, 6.45) is 2.92. The van der Waals surface area contributed by atoms with Gasteiger partial charge in [0.05, 0.1) is 11.7 Å². The van der Waals surface area contributed by atoms with Crippen molar-refractivity contribution in [2.45, 2.75) is 0 Å². The van der Waals surface area contributed by atoms with Crippen LogP contribution in [0.25, 0.3) is 0 Å². The number of hydrogen-bond acceptors (Lipinski definition) is 4. The normalized spacial score (nSPS) is 10.2. The van der Waals surface area contributed by atoms with E-state index >= 15 is 0 Å². The maximum Gasteiger partial charge on any atom is 0.248 e. The van der Waals surface area contributed by atoms with Crippen LogP contribution in [0.5, 0.6) is 0 Å². The number of hydrogen-bond donors (Lipinski definition) is 1. The first-order valence-electron chi connectivity index (χ1n) is 3.90. The van der Waals surface area contributed by atoms with Gasteiger partial charge in [-0.2, -0.15) is 0 Å². The molecule has 0 aliphatic rings. The van der Waals surface area contributed by atoms with Gasteiger partial charge in [0.25, 0.3) is 0 Å². The van der Waals surface area contributed by atoms with Crippen molar-refractivity contribution in [1.29, 1.82) is 0 Å². The lowest BCUT2D eigenvalue weighted by atomic mass is 10.4. The second-order valence-corrected chi connectivity index (χ2v) is 2.84. The molecule has 0 saturated carbocycles. The number of pyridine rings is 1. The fraction of sp³-hybridized carbons (Fsp3) is 0. The lowest BCUT2D eigenvalue weighted by Gasteiger charge is -2.02. The van der Waals surface area contributed by atoms with Crippen molar-refractivity contribution in [3.05, 3.63) is 35.6 Å². The largest absolute Gasteiger partial charge is 0.545 e. The van der Waals surface area contributed by atoms with Crippen LogP contribution in [0.4, 0.5) is 5.69 Å². The molecule has 6 heteroatoms. The molecule has 0 aliphatic carbocycles. The number of anilines is 1. The molecule has 1 aromatic rings. The van der Waals surface area contributed by atoms with Crippen LogP contribution >= 0.6 is 11.6 Å². The Morgan fingerprint density at radius 3 is 2.80 bits per heavy atom. The fourth-order valence-corrected chi connectivity index (χ4v) is 0.964. The van der Waals surface area contributed by atoms with Gasteiger partial charge in [0.15, 0.2) is 5.15 Å². The third-order valence-electron chi connectivity index (χ3n) is 1.39. The van der Waals surface area contributed by atoms with E-state index in [1.807, 2.05) is 0 Å². The SMILES string of the molecule is O=C([O-])/C=C/C(=O)Nc1cccnc1Cl. The second-order valence-electron chi connectivity index (χ2n) is 2.48. The number of nitrogens with zero attached hydrogens (tertiary/aromatic N) is 1. The van der Waals surface area contributed by atoms with E-state index in [2.05, 4.69) is 10.3 Å². The quantitative estimate of drug-likeness (QED) is 0.579. The van der Waals surface area contributed by atoms with Gasteiger partial charge in [-0.15, -0.1) is 0 Å². The van der Waals surface area contributed by atoms with Gasteiger partial charge >= 0.3 is 0 Å². The van der Waals surface area contributed by atoms with Crippen molar-refractivity contribution in [2.24, 2.45) is 0 Å². The minimum Gasteiger partial charge on any atom is -0.545 e. The molecule has 5 nitrogen and oxygen atoms in total. The lowest BCUT2D eigenvalue weighted by Crippen LogP contribution is -2.20. The van der Waals surface area contributed by atoms with Gasteiger partial charge < -0.3 is 15.2 Å². The minimum absolute atomic E-state index is 0.132. The Hall–Kier alpha value is -1.88. The van der Waals surface area contributed by atoms with E-state index in [4.69, 9.17) is 11.6 Å². The van der Waals surface area contributed by atoms with E-state index in [0.717, 1.165) is 6.08 Å². The molecular formula is C9H6ClN2O3-. The summed E-state index contributed by atoms with van der Waals surface area (Å²) in [4.78, 5) is 24.8. The van der Waals surface area contributed by atoms with Crippen LogP contribution in [0.15, 0.2) is 30.5 Å². The highest BCUT2D eigenvalue weighted by molar-refractivity contribution is 6.32. The molecule has 0 bridgehead atoms. The summed E-state index contributed by atoms with van der Waals surface area (Å²) < 4.78 is 0. The van der Waals surface area contributed by atoms with Gasteiger partial charge in [-0.1, -0.05) is 11.6 Å². The first-order valence-corrected chi connectivity index (χ1v) is 4.28.